The Morgan fingerprint density at radius 2 is 2.25 bits per heavy atom. The van der Waals surface area contributed by atoms with Gasteiger partial charge in [-0.3, -0.25) is 4.68 Å². The zero-order chi connectivity index (χ0) is 14.6. The van der Waals surface area contributed by atoms with Crippen LogP contribution in [0.1, 0.15) is 45.6 Å². The molecule has 0 aromatic carbocycles. The Hall–Kier alpha value is -0.870. The first kappa shape index (κ1) is 15.5. The van der Waals surface area contributed by atoms with Crippen molar-refractivity contribution in [3.63, 3.8) is 0 Å². The molecule has 1 aromatic rings. The maximum Gasteiger partial charge on any atom is 0.0534 e. The summed E-state index contributed by atoms with van der Waals surface area (Å²) in [7, 11) is 1.98. The van der Waals surface area contributed by atoms with E-state index in [0.717, 1.165) is 26.2 Å². The highest BCUT2D eigenvalue weighted by molar-refractivity contribution is 5.05. The molecule has 0 radical (unpaired) electrons. The van der Waals surface area contributed by atoms with Gasteiger partial charge in [0.05, 0.1) is 12.8 Å². The summed E-state index contributed by atoms with van der Waals surface area (Å²) < 4.78 is 7.67. The molecule has 1 N–H and O–H groups in total. The molecule has 20 heavy (non-hydrogen) atoms. The average Bonchev–Trinajstić information content (AvgIpc) is 2.81. The van der Waals surface area contributed by atoms with Crippen molar-refractivity contribution >= 4 is 0 Å². The zero-order valence-electron chi connectivity index (χ0n) is 13.4. The minimum absolute atomic E-state index is 0.165. The van der Waals surface area contributed by atoms with E-state index in [1.165, 1.54) is 24.8 Å². The summed E-state index contributed by atoms with van der Waals surface area (Å²) in [5.74, 6) is 0. The van der Waals surface area contributed by atoms with Crippen molar-refractivity contribution < 1.29 is 4.74 Å². The molecule has 114 valence electrons. The van der Waals surface area contributed by atoms with E-state index in [-0.39, 0.29) is 11.0 Å². The van der Waals surface area contributed by atoms with E-state index in [2.05, 4.69) is 37.4 Å². The molecular weight excluding hydrogens is 250 g/mol. The third-order valence-corrected chi connectivity index (χ3v) is 4.10. The second-order valence-corrected chi connectivity index (χ2v) is 7.28. The normalized spacial score (nSPS) is 24.0. The molecular formula is C16H29N3O. The first-order valence-corrected chi connectivity index (χ1v) is 7.69. The number of rotatable bonds is 5. The number of hydrogen-bond donors (Lipinski definition) is 1. The van der Waals surface area contributed by atoms with Crippen molar-refractivity contribution in [2.45, 2.75) is 52.0 Å². The third-order valence-electron chi connectivity index (χ3n) is 4.10. The van der Waals surface area contributed by atoms with Gasteiger partial charge in [-0.25, -0.2) is 0 Å². The summed E-state index contributed by atoms with van der Waals surface area (Å²) in [5, 5.41) is 7.93. The molecule has 1 fully saturated rings. The molecule has 1 saturated heterocycles. The molecule has 1 aliphatic rings. The highest BCUT2D eigenvalue weighted by Crippen LogP contribution is 2.33. The summed E-state index contributed by atoms with van der Waals surface area (Å²) in [6.45, 7) is 9.53. The van der Waals surface area contributed by atoms with E-state index < -0.39 is 0 Å². The fraction of sp³-hybridized carbons (Fsp3) is 0.812. The highest BCUT2D eigenvalue weighted by atomic mass is 16.5. The second kappa shape index (κ2) is 6.27. The van der Waals surface area contributed by atoms with Crippen LogP contribution in [0.5, 0.6) is 0 Å². The molecule has 0 bridgehead atoms. The van der Waals surface area contributed by atoms with Gasteiger partial charge in [0.15, 0.2) is 0 Å². The van der Waals surface area contributed by atoms with E-state index in [9.17, 15) is 0 Å². The molecule has 1 aliphatic heterocycles. The third kappa shape index (κ3) is 4.60. The number of nitrogens with one attached hydrogen (secondary N) is 1. The van der Waals surface area contributed by atoms with Gasteiger partial charge >= 0.3 is 0 Å². The molecule has 0 saturated carbocycles. The van der Waals surface area contributed by atoms with Gasteiger partial charge in [-0.05, 0) is 52.0 Å². The largest absolute Gasteiger partial charge is 0.381 e. The maximum absolute atomic E-state index is 5.78. The van der Waals surface area contributed by atoms with Crippen molar-refractivity contribution in [2.75, 3.05) is 19.8 Å². The predicted octanol–water partition coefficient (Wildman–Crippen LogP) is 2.54. The first-order valence-electron chi connectivity index (χ1n) is 7.69. The Morgan fingerprint density at radius 3 is 2.80 bits per heavy atom. The van der Waals surface area contributed by atoms with Gasteiger partial charge in [-0.15, -0.1) is 0 Å². The van der Waals surface area contributed by atoms with Crippen LogP contribution in [0, 0.1) is 5.41 Å². The lowest BCUT2D eigenvalue weighted by Crippen LogP contribution is -2.47. The summed E-state index contributed by atoms with van der Waals surface area (Å²) in [5.41, 5.74) is 1.77. The number of nitrogens with zero attached hydrogens (tertiary/aromatic N) is 2. The lowest BCUT2D eigenvalue weighted by atomic mass is 9.77. The average molecular weight is 279 g/mol. The molecule has 2 rings (SSSR count). The van der Waals surface area contributed by atoms with Crippen LogP contribution in [-0.4, -0.2) is 35.1 Å². The number of hydrogen-bond acceptors (Lipinski definition) is 3. The minimum atomic E-state index is 0.165. The van der Waals surface area contributed by atoms with Crippen molar-refractivity contribution in [3.8, 4) is 0 Å². The van der Waals surface area contributed by atoms with E-state index in [1.54, 1.807) is 0 Å². The van der Waals surface area contributed by atoms with E-state index in [4.69, 9.17) is 4.74 Å². The molecule has 1 atom stereocenters. The van der Waals surface area contributed by atoms with Gasteiger partial charge in [0.1, 0.15) is 0 Å². The standard InChI is InChI=1S/C16H29N3O/c1-15(2,3)17-12-16(7-5-9-20-13-16)8-6-14-10-18-19(4)11-14/h10-11,17H,5-9,12-13H2,1-4H3. The molecule has 4 heteroatoms. The minimum Gasteiger partial charge on any atom is -0.381 e. The van der Waals surface area contributed by atoms with Crippen molar-refractivity contribution in [2.24, 2.45) is 12.5 Å². The summed E-state index contributed by atoms with van der Waals surface area (Å²) in [4.78, 5) is 0. The van der Waals surface area contributed by atoms with Gasteiger partial charge in [-0.1, -0.05) is 0 Å². The predicted molar refractivity (Wildman–Crippen MR) is 81.8 cm³/mol. The van der Waals surface area contributed by atoms with Gasteiger partial charge in [-0.2, -0.15) is 5.10 Å². The SMILES string of the molecule is Cn1cc(CCC2(CNC(C)(C)C)CCCOC2)cn1. The molecule has 0 amide bonds. The summed E-state index contributed by atoms with van der Waals surface area (Å²) in [6, 6.07) is 0. The van der Waals surface area contributed by atoms with Crippen LogP contribution >= 0.6 is 0 Å². The Kier molecular flexibility index (Phi) is 4.86. The lowest BCUT2D eigenvalue weighted by molar-refractivity contribution is -0.0146. The molecule has 4 nitrogen and oxygen atoms in total. The monoisotopic (exact) mass is 279 g/mol. The molecule has 0 aliphatic carbocycles. The molecule has 1 aromatic heterocycles. The highest BCUT2D eigenvalue weighted by Gasteiger charge is 2.33. The molecule has 2 heterocycles. The van der Waals surface area contributed by atoms with Crippen LogP contribution in [0.15, 0.2) is 12.4 Å². The first-order chi connectivity index (χ1) is 9.39. The quantitative estimate of drug-likeness (QED) is 0.900. The van der Waals surface area contributed by atoms with Crippen LogP contribution in [-0.2, 0) is 18.2 Å². The Labute approximate surface area is 122 Å². The number of aryl methyl sites for hydroxylation is 2. The maximum atomic E-state index is 5.78. The van der Waals surface area contributed by atoms with Crippen LogP contribution in [0.25, 0.3) is 0 Å². The summed E-state index contributed by atoms with van der Waals surface area (Å²) >= 11 is 0. The van der Waals surface area contributed by atoms with Crippen LogP contribution in [0.3, 0.4) is 0 Å². The van der Waals surface area contributed by atoms with Crippen molar-refractivity contribution in [1.29, 1.82) is 0 Å². The van der Waals surface area contributed by atoms with E-state index >= 15 is 0 Å². The molecule has 0 spiro atoms. The Bertz CT molecular complexity index is 414. The Balaban J connectivity index is 1.95. The van der Waals surface area contributed by atoms with Crippen LogP contribution < -0.4 is 5.32 Å². The van der Waals surface area contributed by atoms with Gasteiger partial charge < -0.3 is 10.1 Å². The fourth-order valence-corrected chi connectivity index (χ4v) is 2.80. The molecule has 1 unspecified atom stereocenters. The Morgan fingerprint density at radius 1 is 1.45 bits per heavy atom. The topological polar surface area (TPSA) is 39.1 Å². The van der Waals surface area contributed by atoms with Crippen LogP contribution in [0.2, 0.25) is 0 Å². The second-order valence-electron chi connectivity index (χ2n) is 7.28. The van der Waals surface area contributed by atoms with Gasteiger partial charge in [0.2, 0.25) is 0 Å². The zero-order valence-corrected chi connectivity index (χ0v) is 13.4. The van der Waals surface area contributed by atoms with Crippen LogP contribution in [0.4, 0.5) is 0 Å². The van der Waals surface area contributed by atoms with Crippen molar-refractivity contribution in [1.82, 2.24) is 15.1 Å². The fourth-order valence-electron chi connectivity index (χ4n) is 2.80. The number of ether oxygens (including phenoxy) is 1. The van der Waals surface area contributed by atoms with Gasteiger partial charge in [0.25, 0.3) is 0 Å². The number of aromatic nitrogens is 2. The van der Waals surface area contributed by atoms with Gasteiger partial charge in [0, 0.05) is 37.4 Å². The van der Waals surface area contributed by atoms with E-state index in [0.29, 0.717) is 0 Å². The summed E-state index contributed by atoms with van der Waals surface area (Å²) in [6.07, 6.45) is 8.79. The van der Waals surface area contributed by atoms with Crippen molar-refractivity contribution in [3.05, 3.63) is 18.0 Å². The lowest BCUT2D eigenvalue weighted by Gasteiger charge is -2.39. The van der Waals surface area contributed by atoms with E-state index in [1.807, 2.05) is 17.9 Å². The smallest absolute Gasteiger partial charge is 0.0534 e.